The molecule has 2 N–H and O–H groups in total. The monoisotopic (exact) mass is 446 g/mol. The van der Waals surface area contributed by atoms with E-state index in [1.54, 1.807) is 24.4 Å². The molecule has 0 spiro atoms. The fourth-order valence-corrected chi connectivity index (χ4v) is 4.95. The van der Waals surface area contributed by atoms with Gasteiger partial charge in [0.05, 0.1) is 11.9 Å². The molecule has 0 radical (unpaired) electrons. The zero-order valence-electron chi connectivity index (χ0n) is 19.7. The van der Waals surface area contributed by atoms with Crippen molar-refractivity contribution in [3.8, 4) is 28.1 Å². The summed E-state index contributed by atoms with van der Waals surface area (Å²) in [7, 11) is 2.06. The van der Waals surface area contributed by atoms with Crippen molar-refractivity contribution in [2.24, 2.45) is 5.18 Å². The molecule has 172 valence electrons. The minimum absolute atomic E-state index is 0.0401. The van der Waals surface area contributed by atoms with Crippen molar-refractivity contribution in [3.05, 3.63) is 53.7 Å². The largest absolute Gasteiger partial charge is 0.507 e. The number of aromatic nitrogens is 3. The summed E-state index contributed by atoms with van der Waals surface area (Å²) < 4.78 is 0. The number of piperidine rings is 1. The standard InChI is InChI=1S/C25H30N6O2/c1-24(2)12-19(13-25(3,4)30-24)31(5)23-9-8-21(27-28-23)20-7-6-16(11-22(20)32)17-10-18(29-33)15-26-14-17/h6-11,14-15,19,30,32H,12-13H2,1-5H3. The Hall–Kier alpha value is -3.39. The molecule has 2 aromatic heterocycles. The number of aromatic hydroxyl groups is 1. The highest BCUT2D eigenvalue weighted by Gasteiger charge is 2.39. The molecular weight excluding hydrogens is 416 g/mol. The molecule has 1 saturated heterocycles. The van der Waals surface area contributed by atoms with E-state index < -0.39 is 0 Å². The van der Waals surface area contributed by atoms with Crippen LogP contribution >= 0.6 is 0 Å². The Bertz CT molecular complexity index is 1140. The van der Waals surface area contributed by atoms with Crippen LogP contribution in [0, 0.1) is 4.91 Å². The van der Waals surface area contributed by atoms with Crippen molar-refractivity contribution in [2.45, 2.75) is 57.7 Å². The third-order valence-electron chi connectivity index (χ3n) is 6.16. The van der Waals surface area contributed by atoms with Crippen LogP contribution in [0.3, 0.4) is 0 Å². The van der Waals surface area contributed by atoms with Crippen LogP contribution in [0.2, 0.25) is 0 Å². The van der Waals surface area contributed by atoms with Gasteiger partial charge in [0.15, 0.2) is 5.82 Å². The van der Waals surface area contributed by atoms with Gasteiger partial charge in [-0.1, -0.05) is 6.07 Å². The second kappa shape index (κ2) is 8.51. The molecule has 3 heterocycles. The summed E-state index contributed by atoms with van der Waals surface area (Å²) >= 11 is 0. The smallest absolute Gasteiger partial charge is 0.151 e. The van der Waals surface area contributed by atoms with Crippen molar-refractivity contribution < 1.29 is 5.11 Å². The Morgan fingerprint density at radius 2 is 1.73 bits per heavy atom. The SMILES string of the molecule is CN(c1ccc(-c2ccc(-c3cncc(N=O)c3)cc2O)nn1)C1CC(C)(C)NC(C)(C)C1. The predicted octanol–water partition coefficient (Wildman–Crippen LogP) is 5.05. The van der Waals surface area contributed by atoms with E-state index in [2.05, 4.69) is 65.3 Å². The lowest BCUT2D eigenvalue weighted by atomic mass is 9.79. The van der Waals surface area contributed by atoms with Crippen LogP contribution < -0.4 is 10.2 Å². The lowest BCUT2D eigenvalue weighted by Crippen LogP contribution is -2.62. The van der Waals surface area contributed by atoms with Crippen LogP contribution in [-0.2, 0) is 0 Å². The highest BCUT2D eigenvalue weighted by atomic mass is 16.3. The number of nitrogens with one attached hydrogen (secondary N) is 1. The van der Waals surface area contributed by atoms with Gasteiger partial charge in [0.25, 0.3) is 0 Å². The molecule has 8 heteroatoms. The molecule has 0 saturated carbocycles. The predicted molar refractivity (Wildman–Crippen MR) is 131 cm³/mol. The first-order valence-corrected chi connectivity index (χ1v) is 11.0. The lowest BCUT2D eigenvalue weighted by Gasteiger charge is -2.49. The summed E-state index contributed by atoms with van der Waals surface area (Å²) in [5, 5.41) is 26.1. The Morgan fingerprint density at radius 3 is 2.33 bits per heavy atom. The van der Waals surface area contributed by atoms with E-state index in [4.69, 9.17) is 0 Å². The van der Waals surface area contributed by atoms with Gasteiger partial charge in [0.2, 0.25) is 0 Å². The summed E-state index contributed by atoms with van der Waals surface area (Å²) in [6, 6.07) is 11.1. The molecule has 0 unspecified atom stereocenters. The fraction of sp³-hybridized carbons (Fsp3) is 0.400. The fourth-order valence-electron chi connectivity index (χ4n) is 4.95. The number of pyridine rings is 1. The number of hydrogen-bond acceptors (Lipinski definition) is 8. The summed E-state index contributed by atoms with van der Waals surface area (Å²) in [5.74, 6) is 0.881. The second-order valence-corrected chi connectivity index (χ2v) is 10.1. The van der Waals surface area contributed by atoms with Gasteiger partial charge in [-0.3, -0.25) is 4.98 Å². The van der Waals surface area contributed by atoms with E-state index in [-0.39, 0.29) is 22.5 Å². The van der Waals surface area contributed by atoms with E-state index in [9.17, 15) is 10.0 Å². The molecular formula is C25H30N6O2. The van der Waals surface area contributed by atoms with E-state index in [0.717, 1.165) is 24.2 Å². The van der Waals surface area contributed by atoms with Gasteiger partial charge in [-0.05, 0) is 81.6 Å². The van der Waals surface area contributed by atoms with Crippen molar-refractivity contribution in [1.29, 1.82) is 0 Å². The average molecular weight is 447 g/mol. The Kier molecular flexibility index (Phi) is 5.88. The zero-order chi connectivity index (χ0) is 23.8. The van der Waals surface area contributed by atoms with E-state index in [1.165, 1.54) is 6.20 Å². The quantitative estimate of drug-likeness (QED) is 0.528. The maximum atomic E-state index is 10.8. The Labute approximate surface area is 194 Å². The molecule has 1 aliphatic rings. The van der Waals surface area contributed by atoms with Crippen LogP contribution in [0.25, 0.3) is 22.4 Å². The number of benzene rings is 1. The maximum Gasteiger partial charge on any atom is 0.151 e. The summed E-state index contributed by atoms with van der Waals surface area (Å²) in [5.41, 5.74) is 2.92. The minimum atomic E-state index is 0.0401. The van der Waals surface area contributed by atoms with Crippen LogP contribution in [0.5, 0.6) is 5.75 Å². The second-order valence-electron chi connectivity index (χ2n) is 10.1. The van der Waals surface area contributed by atoms with Crippen LogP contribution in [0.1, 0.15) is 40.5 Å². The normalized spacial score (nSPS) is 17.5. The van der Waals surface area contributed by atoms with Gasteiger partial charge in [-0.15, -0.1) is 15.1 Å². The first-order valence-electron chi connectivity index (χ1n) is 11.0. The zero-order valence-corrected chi connectivity index (χ0v) is 19.7. The molecule has 4 rings (SSSR count). The molecule has 0 amide bonds. The van der Waals surface area contributed by atoms with Gasteiger partial charge < -0.3 is 15.3 Å². The summed E-state index contributed by atoms with van der Waals surface area (Å²) in [6.07, 6.45) is 5.03. The molecule has 3 aromatic rings. The van der Waals surface area contributed by atoms with Crippen LogP contribution in [0.15, 0.2) is 54.0 Å². The van der Waals surface area contributed by atoms with Gasteiger partial charge in [0.1, 0.15) is 11.4 Å². The molecule has 33 heavy (non-hydrogen) atoms. The van der Waals surface area contributed by atoms with Gasteiger partial charge >= 0.3 is 0 Å². The number of anilines is 1. The third kappa shape index (κ3) is 5.01. The molecule has 0 aliphatic carbocycles. The number of rotatable bonds is 5. The molecule has 1 aliphatic heterocycles. The lowest BCUT2D eigenvalue weighted by molar-refractivity contribution is 0.160. The van der Waals surface area contributed by atoms with Crippen molar-refractivity contribution in [2.75, 3.05) is 11.9 Å². The summed E-state index contributed by atoms with van der Waals surface area (Å²) in [6.45, 7) is 8.94. The number of nitrogens with zero attached hydrogens (tertiary/aromatic N) is 5. The number of phenols is 1. The van der Waals surface area contributed by atoms with Crippen molar-refractivity contribution >= 4 is 11.5 Å². The Morgan fingerprint density at radius 1 is 1.00 bits per heavy atom. The highest BCUT2D eigenvalue weighted by Crippen LogP contribution is 2.35. The molecule has 0 bridgehead atoms. The topological polar surface area (TPSA) is 104 Å². The highest BCUT2D eigenvalue weighted by molar-refractivity contribution is 5.75. The van der Waals surface area contributed by atoms with E-state index in [1.807, 2.05) is 18.2 Å². The Balaban J connectivity index is 1.55. The van der Waals surface area contributed by atoms with Crippen molar-refractivity contribution in [3.63, 3.8) is 0 Å². The number of phenolic OH excluding ortho intramolecular Hbond substituents is 1. The number of hydrogen-bond donors (Lipinski definition) is 2. The summed E-state index contributed by atoms with van der Waals surface area (Å²) in [4.78, 5) is 17.0. The first kappa shape index (κ1) is 22.8. The molecule has 8 nitrogen and oxygen atoms in total. The van der Waals surface area contributed by atoms with Gasteiger partial charge in [-0.2, -0.15) is 0 Å². The van der Waals surface area contributed by atoms with Crippen LogP contribution in [-0.4, -0.2) is 44.5 Å². The molecule has 1 aromatic carbocycles. The number of nitroso groups, excluding NO2 is 1. The minimum Gasteiger partial charge on any atom is -0.507 e. The first-order chi connectivity index (χ1) is 15.6. The van der Waals surface area contributed by atoms with Gasteiger partial charge in [0, 0.05) is 41.5 Å². The van der Waals surface area contributed by atoms with Gasteiger partial charge in [-0.25, -0.2) is 0 Å². The maximum absolute atomic E-state index is 10.8. The van der Waals surface area contributed by atoms with Crippen LogP contribution in [0.4, 0.5) is 11.5 Å². The third-order valence-corrected chi connectivity index (χ3v) is 6.16. The van der Waals surface area contributed by atoms with E-state index in [0.29, 0.717) is 22.9 Å². The molecule has 1 fully saturated rings. The van der Waals surface area contributed by atoms with Crippen molar-refractivity contribution in [1.82, 2.24) is 20.5 Å². The van der Waals surface area contributed by atoms with E-state index >= 15 is 0 Å². The average Bonchev–Trinajstić information content (AvgIpc) is 2.76. The molecule has 0 atom stereocenters.